The predicted octanol–water partition coefficient (Wildman–Crippen LogP) is 0.441. The molecule has 0 aromatic heterocycles. The standard InChI is InChI=1S/C11H14N2O4S2/c1-4-9(15)13-7(11(16)17)6(3-18-10(4)13)8(12)19-5(2)14/h4,8,10H,3,12H2,1-2H3,(H,16,17)/t4-,8?,10-/m1/s1. The molecule has 2 aliphatic rings. The predicted molar refractivity (Wildman–Crippen MR) is 73.2 cm³/mol. The van der Waals surface area contributed by atoms with Crippen LogP contribution in [-0.4, -0.2) is 43.5 Å². The summed E-state index contributed by atoms with van der Waals surface area (Å²) < 4.78 is 0. The molecular weight excluding hydrogens is 288 g/mol. The van der Waals surface area contributed by atoms with Crippen LogP contribution in [0.3, 0.4) is 0 Å². The van der Waals surface area contributed by atoms with Crippen molar-refractivity contribution in [3.63, 3.8) is 0 Å². The lowest BCUT2D eigenvalue weighted by Crippen LogP contribution is -2.61. The number of rotatable bonds is 3. The first kappa shape index (κ1) is 14.4. The second-order valence-electron chi connectivity index (χ2n) is 4.41. The Balaban J connectivity index is 2.35. The molecule has 1 saturated heterocycles. The Hall–Kier alpha value is -0.990. The van der Waals surface area contributed by atoms with Gasteiger partial charge < -0.3 is 10.8 Å². The monoisotopic (exact) mass is 302 g/mol. The summed E-state index contributed by atoms with van der Waals surface area (Å²) in [5.41, 5.74) is 6.25. The molecule has 3 atom stereocenters. The van der Waals surface area contributed by atoms with E-state index in [0.29, 0.717) is 11.3 Å². The van der Waals surface area contributed by atoms with Crippen LogP contribution in [0, 0.1) is 5.92 Å². The van der Waals surface area contributed by atoms with Gasteiger partial charge in [-0.25, -0.2) is 4.79 Å². The highest BCUT2D eigenvalue weighted by molar-refractivity contribution is 8.14. The smallest absolute Gasteiger partial charge is 0.352 e. The number of aliphatic carboxylic acids is 1. The van der Waals surface area contributed by atoms with Crippen molar-refractivity contribution in [2.24, 2.45) is 11.7 Å². The van der Waals surface area contributed by atoms with E-state index >= 15 is 0 Å². The molecule has 0 aromatic carbocycles. The molecule has 0 aliphatic carbocycles. The Morgan fingerprint density at radius 3 is 2.74 bits per heavy atom. The summed E-state index contributed by atoms with van der Waals surface area (Å²) in [6.45, 7) is 3.16. The number of thioether (sulfide) groups is 2. The molecule has 104 valence electrons. The number of carbonyl (C=O) groups excluding carboxylic acids is 2. The van der Waals surface area contributed by atoms with Gasteiger partial charge in [0.15, 0.2) is 5.12 Å². The summed E-state index contributed by atoms with van der Waals surface area (Å²) in [7, 11) is 0. The molecule has 2 heterocycles. The number of β-lactam (4-membered cyclic amide) rings is 1. The number of amides is 1. The van der Waals surface area contributed by atoms with Crippen molar-refractivity contribution >= 4 is 40.5 Å². The molecule has 0 spiro atoms. The van der Waals surface area contributed by atoms with Crippen molar-refractivity contribution in [3.8, 4) is 0 Å². The topological polar surface area (TPSA) is 101 Å². The van der Waals surface area contributed by atoms with Crippen LogP contribution in [0.2, 0.25) is 0 Å². The normalized spacial score (nSPS) is 27.7. The lowest BCUT2D eigenvalue weighted by Gasteiger charge is -2.48. The highest BCUT2D eigenvalue weighted by Crippen LogP contribution is 2.44. The largest absolute Gasteiger partial charge is 0.477 e. The minimum absolute atomic E-state index is 0.0481. The van der Waals surface area contributed by atoms with Crippen LogP contribution in [0.15, 0.2) is 11.3 Å². The Bertz CT molecular complexity index is 491. The zero-order chi connectivity index (χ0) is 14.3. The number of carboxylic acid groups (broad SMARTS) is 1. The fraction of sp³-hybridized carbons (Fsp3) is 0.545. The molecule has 3 N–H and O–H groups in total. The highest BCUT2D eigenvalue weighted by atomic mass is 32.2. The molecule has 2 aliphatic heterocycles. The van der Waals surface area contributed by atoms with Crippen molar-refractivity contribution in [3.05, 3.63) is 11.3 Å². The fourth-order valence-electron chi connectivity index (χ4n) is 2.17. The molecule has 1 fully saturated rings. The molecule has 8 heteroatoms. The van der Waals surface area contributed by atoms with Gasteiger partial charge >= 0.3 is 5.97 Å². The minimum Gasteiger partial charge on any atom is -0.477 e. The van der Waals surface area contributed by atoms with E-state index in [2.05, 4.69) is 0 Å². The summed E-state index contributed by atoms with van der Waals surface area (Å²) in [6.07, 6.45) is 0. The van der Waals surface area contributed by atoms with Gasteiger partial charge in [-0.1, -0.05) is 18.7 Å². The average Bonchev–Trinajstić information content (AvgIpc) is 2.34. The van der Waals surface area contributed by atoms with Crippen LogP contribution >= 0.6 is 23.5 Å². The van der Waals surface area contributed by atoms with E-state index in [-0.39, 0.29) is 28.0 Å². The van der Waals surface area contributed by atoms with Gasteiger partial charge in [0.1, 0.15) is 5.70 Å². The summed E-state index contributed by atoms with van der Waals surface area (Å²) in [5, 5.41) is 8.28. The second kappa shape index (κ2) is 5.18. The molecule has 0 aromatic rings. The van der Waals surface area contributed by atoms with E-state index in [9.17, 15) is 19.5 Å². The Morgan fingerprint density at radius 2 is 2.21 bits per heavy atom. The first-order valence-electron chi connectivity index (χ1n) is 5.68. The van der Waals surface area contributed by atoms with Crippen molar-refractivity contribution in [1.82, 2.24) is 4.90 Å². The zero-order valence-corrected chi connectivity index (χ0v) is 12.1. The Morgan fingerprint density at radius 1 is 1.58 bits per heavy atom. The Labute approximate surface area is 118 Å². The number of fused-ring (bicyclic) bond motifs is 1. The molecule has 1 unspecified atom stereocenters. The van der Waals surface area contributed by atoms with Gasteiger partial charge in [0.2, 0.25) is 5.91 Å². The van der Waals surface area contributed by atoms with Crippen molar-refractivity contribution in [2.45, 2.75) is 24.6 Å². The van der Waals surface area contributed by atoms with Crippen LogP contribution in [0.25, 0.3) is 0 Å². The molecule has 0 saturated carbocycles. The van der Waals surface area contributed by atoms with Crippen LogP contribution in [0.1, 0.15) is 13.8 Å². The molecule has 1 amide bonds. The number of hydrogen-bond acceptors (Lipinski definition) is 6. The second-order valence-corrected chi connectivity index (χ2v) is 6.83. The molecule has 0 bridgehead atoms. The van der Waals surface area contributed by atoms with Gasteiger partial charge in [-0.2, -0.15) is 0 Å². The van der Waals surface area contributed by atoms with Gasteiger partial charge in [0.25, 0.3) is 0 Å². The van der Waals surface area contributed by atoms with Gasteiger partial charge in [-0.15, -0.1) is 11.8 Å². The van der Waals surface area contributed by atoms with Gasteiger partial charge in [-0.05, 0) is 5.57 Å². The minimum atomic E-state index is -1.17. The summed E-state index contributed by atoms with van der Waals surface area (Å²) in [5.74, 6) is -1.10. The molecular formula is C11H14N2O4S2. The van der Waals surface area contributed by atoms with Gasteiger partial charge in [-0.3, -0.25) is 14.5 Å². The van der Waals surface area contributed by atoms with Crippen molar-refractivity contribution in [2.75, 3.05) is 5.75 Å². The van der Waals surface area contributed by atoms with Crippen LogP contribution in [0.5, 0.6) is 0 Å². The summed E-state index contributed by atoms with van der Waals surface area (Å²) in [6, 6.07) is 0. The van der Waals surface area contributed by atoms with Gasteiger partial charge in [0.05, 0.1) is 16.7 Å². The number of carbonyl (C=O) groups is 3. The third-order valence-electron chi connectivity index (χ3n) is 3.10. The quantitative estimate of drug-likeness (QED) is 0.576. The SMILES string of the molecule is CC(=O)SC(N)C1=C(C(=O)O)N2C(=O)[C@@H](C)[C@H]2SC1. The van der Waals surface area contributed by atoms with Crippen LogP contribution < -0.4 is 5.73 Å². The summed E-state index contributed by atoms with van der Waals surface area (Å²) >= 11 is 2.37. The lowest BCUT2D eigenvalue weighted by molar-refractivity contribution is -0.151. The first-order chi connectivity index (χ1) is 8.84. The van der Waals surface area contributed by atoms with Crippen LogP contribution in [-0.2, 0) is 14.4 Å². The molecule has 2 rings (SSSR count). The zero-order valence-electron chi connectivity index (χ0n) is 10.5. The van der Waals surface area contributed by atoms with E-state index in [4.69, 9.17) is 5.73 Å². The maximum absolute atomic E-state index is 11.8. The molecule has 0 radical (unpaired) electrons. The van der Waals surface area contributed by atoms with Crippen LogP contribution in [0.4, 0.5) is 0 Å². The maximum Gasteiger partial charge on any atom is 0.352 e. The number of nitrogens with two attached hydrogens (primary N) is 1. The third-order valence-corrected chi connectivity index (χ3v) is 5.41. The first-order valence-corrected chi connectivity index (χ1v) is 7.61. The van der Waals surface area contributed by atoms with Gasteiger partial charge in [0, 0.05) is 12.7 Å². The number of carboxylic acids is 1. The molecule has 19 heavy (non-hydrogen) atoms. The lowest BCUT2D eigenvalue weighted by atomic mass is 9.97. The van der Waals surface area contributed by atoms with E-state index in [1.54, 1.807) is 6.92 Å². The van der Waals surface area contributed by atoms with E-state index in [1.807, 2.05) is 0 Å². The fourth-order valence-corrected chi connectivity index (χ4v) is 4.40. The Kier molecular flexibility index (Phi) is 3.93. The van der Waals surface area contributed by atoms with Crippen molar-refractivity contribution < 1.29 is 19.5 Å². The van der Waals surface area contributed by atoms with E-state index in [1.165, 1.54) is 23.6 Å². The van der Waals surface area contributed by atoms with E-state index < -0.39 is 11.3 Å². The average molecular weight is 302 g/mol. The van der Waals surface area contributed by atoms with Crippen molar-refractivity contribution in [1.29, 1.82) is 0 Å². The van der Waals surface area contributed by atoms with E-state index in [0.717, 1.165) is 11.8 Å². The maximum atomic E-state index is 11.8. The highest BCUT2D eigenvalue weighted by Gasteiger charge is 2.51. The molecule has 6 nitrogen and oxygen atoms in total. The summed E-state index contributed by atoms with van der Waals surface area (Å²) in [4.78, 5) is 35.6. The number of nitrogens with zero attached hydrogens (tertiary/aromatic N) is 1. The third kappa shape index (κ3) is 2.39. The number of hydrogen-bond donors (Lipinski definition) is 2.